The Kier molecular flexibility index (Phi) is 3.39. The summed E-state index contributed by atoms with van der Waals surface area (Å²) in [6.45, 7) is 0. The SMILES string of the molecule is Nc1ccc(Cc2noc(-c3ccccc3Cl)n2)cc1. The molecule has 0 aliphatic heterocycles. The summed E-state index contributed by atoms with van der Waals surface area (Å²) in [4.78, 5) is 4.37. The molecular weight excluding hydrogens is 274 g/mol. The van der Waals surface area contributed by atoms with Gasteiger partial charge in [-0.1, -0.05) is 41.0 Å². The van der Waals surface area contributed by atoms with Crippen LogP contribution in [0, 0.1) is 0 Å². The Balaban J connectivity index is 1.84. The highest BCUT2D eigenvalue weighted by molar-refractivity contribution is 6.33. The summed E-state index contributed by atoms with van der Waals surface area (Å²) in [6, 6.07) is 15.0. The van der Waals surface area contributed by atoms with Crippen LogP contribution in [0.3, 0.4) is 0 Å². The summed E-state index contributed by atoms with van der Waals surface area (Å²) in [6.07, 6.45) is 0.592. The molecule has 100 valence electrons. The number of nitrogens with two attached hydrogens (primary N) is 1. The molecule has 1 aromatic heterocycles. The number of halogens is 1. The van der Waals surface area contributed by atoms with Crippen LogP contribution in [0.4, 0.5) is 5.69 Å². The van der Waals surface area contributed by atoms with Crippen molar-refractivity contribution in [2.24, 2.45) is 0 Å². The Morgan fingerprint density at radius 3 is 2.55 bits per heavy atom. The van der Waals surface area contributed by atoms with Crippen molar-refractivity contribution in [2.75, 3.05) is 5.73 Å². The van der Waals surface area contributed by atoms with Gasteiger partial charge in [0.1, 0.15) is 0 Å². The average molecular weight is 286 g/mol. The van der Waals surface area contributed by atoms with E-state index in [0.717, 1.165) is 16.8 Å². The van der Waals surface area contributed by atoms with E-state index in [1.807, 2.05) is 42.5 Å². The van der Waals surface area contributed by atoms with E-state index in [2.05, 4.69) is 10.1 Å². The number of aromatic nitrogens is 2. The summed E-state index contributed by atoms with van der Waals surface area (Å²) < 4.78 is 5.26. The lowest BCUT2D eigenvalue weighted by Gasteiger charge is -1.97. The predicted octanol–water partition coefficient (Wildman–Crippen LogP) is 3.56. The van der Waals surface area contributed by atoms with E-state index in [4.69, 9.17) is 21.9 Å². The molecule has 4 nitrogen and oxygen atoms in total. The van der Waals surface area contributed by atoms with Gasteiger partial charge >= 0.3 is 0 Å². The lowest BCUT2D eigenvalue weighted by atomic mass is 10.1. The van der Waals surface area contributed by atoms with Gasteiger partial charge in [-0.3, -0.25) is 0 Å². The van der Waals surface area contributed by atoms with Crippen molar-refractivity contribution < 1.29 is 4.52 Å². The number of hydrogen-bond acceptors (Lipinski definition) is 4. The molecule has 0 fully saturated rings. The number of nitrogens with zero attached hydrogens (tertiary/aromatic N) is 2. The first-order valence-electron chi connectivity index (χ1n) is 6.14. The van der Waals surface area contributed by atoms with Gasteiger partial charge in [-0.15, -0.1) is 0 Å². The van der Waals surface area contributed by atoms with Gasteiger partial charge in [-0.25, -0.2) is 0 Å². The lowest BCUT2D eigenvalue weighted by molar-refractivity contribution is 0.424. The van der Waals surface area contributed by atoms with Crippen molar-refractivity contribution in [3.05, 3.63) is 64.9 Å². The third kappa shape index (κ3) is 2.65. The minimum Gasteiger partial charge on any atom is -0.399 e. The Bertz CT molecular complexity index is 722. The van der Waals surface area contributed by atoms with Gasteiger partial charge in [0.2, 0.25) is 0 Å². The Morgan fingerprint density at radius 1 is 1.05 bits per heavy atom. The van der Waals surface area contributed by atoms with E-state index >= 15 is 0 Å². The largest absolute Gasteiger partial charge is 0.399 e. The second kappa shape index (κ2) is 5.35. The molecule has 0 unspecified atom stereocenters. The van der Waals surface area contributed by atoms with Crippen LogP contribution in [0.25, 0.3) is 11.5 Å². The number of anilines is 1. The molecule has 0 bridgehead atoms. The summed E-state index contributed by atoms with van der Waals surface area (Å²) >= 11 is 6.10. The first kappa shape index (κ1) is 12.7. The quantitative estimate of drug-likeness (QED) is 0.747. The minimum atomic E-state index is 0.432. The van der Waals surface area contributed by atoms with Gasteiger partial charge in [0.25, 0.3) is 5.89 Å². The zero-order valence-electron chi connectivity index (χ0n) is 10.6. The maximum absolute atomic E-state index is 6.10. The second-order valence-corrected chi connectivity index (χ2v) is 4.82. The van der Waals surface area contributed by atoms with Crippen molar-refractivity contribution in [2.45, 2.75) is 6.42 Å². The molecular formula is C15H12ClN3O. The fraction of sp³-hybridized carbons (Fsp3) is 0.0667. The van der Waals surface area contributed by atoms with Crippen molar-refractivity contribution in [3.8, 4) is 11.5 Å². The molecule has 20 heavy (non-hydrogen) atoms. The lowest BCUT2D eigenvalue weighted by Crippen LogP contribution is -1.92. The van der Waals surface area contributed by atoms with E-state index in [1.165, 1.54) is 0 Å². The van der Waals surface area contributed by atoms with E-state index in [-0.39, 0.29) is 0 Å². The van der Waals surface area contributed by atoms with Gasteiger partial charge in [-0.2, -0.15) is 4.98 Å². The third-order valence-corrected chi connectivity index (χ3v) is 3.24. The molecule has 0 saturated carbocycles. The maximum Gasteiger partial charge on any atom is 0.259 e. The molecule has 0 saturated heterocycles. The fourth-order valence-electron chi connectivity index (χ4n) is 1.89. The highest BCUT2D eigenvalue weighted by Crippen LogP contribution is 2.26. The van der Waals surface area contributed by atoms with Gasteiger partial charge in [0, 0.05) is 12.1 Å². The third-order valence-electron chi connectivity index (χ3n) is 2.91. The van der Waals surface area contributed by atoms with Crippen LogP contribution in [0.1, 0.15) is 11.4 Å². The summed E-state index contributed by atoms with van der Waals surface area (Å²) in [7, 11) is 0. The molecule has 0 aliphatic rings. The summed E-state index contributed by atoms with van der Waals surface area (Å²) in [5, 5.41) is 4.57. The first-order chi connectivity index (χ1) is 9.72. The zero-order chi connectivity index (χ0) is 13.9. The van der Waals surface area contributed by atoms with Crippen molar-refractivity contribution in [1.82, 2.24) is 10.1 Å². The maximum atomic E-state index is 6.10. The van der Waals surface area contributed by atoms with Crippen molar-refractivity contribution in [3.63, 3.8) is 0 Å². The molecule has 0 aliphatic carbocycles. The fourth-order valence-corrected chi connectivity index (χ4v) is 2.10. The topological polar surface area (TPSA) is 64.9 Å². The summed E-state index contributed by atoms with van der Waals surface area (Å²) in [5.41, 5.74) is 8.20. The first-order valence-corrected chi connectivity index (χ1v) is 6.52. The van der Waals surface area contributed by atoms with Gasteiger partial charge in [-0.05, 0) is 29.8 Å². The number of benzene rings is 2. The Labute approximate surface area is 121 Å². The van der Waals surface area contributed by atoms with Crippen LogP contribution in [0.2, 0.25) is 5.02 Å². The van der Waals surface area contributed by atoms with Crippen LogP contribution in [-0.4, -0.2) is 10.1 Å². The zero-order valence-corrected chi connectivity index (χ0v) is 11.3. The monoisotopic (exact) mass is 285 g/mol. The number of hydrogen-bond donors (Lipinski definition) is 1. The minimum absolute atomic E-state index is 0.432. The van der Waals surface area contributed by atoms with Crippen LogP contribution in [0.5, 0.6) is 0 Å². The molecule has 0 radical (unpaired) electrons. The highest BCUT2D eigenvalue weighted by Gasteiger charge is 2.11. The molecule has 0 amide bonds. The predicted molar refractivity (Wildman–Crippen MR) is 78.4 cm³/mol. The van der Waals surface area contributed by atoms with Crippen molar-refractivity contribution in [1.29, 1.82) is 0 Å². The molecule has 1 heterocycles. The van der Waals surface area contributed by atoms with E-state index in [9.17, 15) is 0 Å². The smallest absolute Gasteiger partial charge is 0.259 e. The molecule has 3 rings (SSSR count). The standard InChI is InChI=1S/C15H12ClN3O/c16-13-4-2-1-3-12(13)15-18-14(19-20-15)9-10-5-7-11(17)8-6-10/h1-8H,9,17H2. The normalized spacial score (nSPS) is 10.7. The molecule has 0 atom stereocenters. The number of rotatable bonds is 3. The molecule has 3 aromatic rings. The molecule has 2 N–H and O–H groups in total. The van der Waals surface area contributed by atoms with Gasteiger partial charge in [0.15, 0.2) is 5.82 Å². The summed E-state index contributed by atoms with van der Waals surface area (Å²) in [5.74, 6) is 1.05. The Morgan fingerprint density at radius 2 is 1.80 bits per heavy atom. The van der Waals surface area contributed by atoms with Gasteiger partial charge in [0.05, 0.1) is 10.6 Å². The Hall–Kier alpha value is -2.33. The van der Waals surface area contributed by atoms with E-state index in [0.29, 0.717) is 23.2 Å². The van der Waals surface area contributed by atoms with E-state index < -0.39 is 0 Å². The average Bonchev–Trinajstić information content (AvgIpc) is 2.90. The molecule has 2 aromatic carbocycles. The van der Waals surface area contributed by atoms with Crippen LogP contribution in [0.15, 0.2) is 53.1 Å². The van der Waals surface area contributed by atoms with Crippen molar-refractivity contribution >= 4 is 17.3 Å². The van der Waals surface area contributed by atoms with E-state index in [1.54, 1.807) is 6.07 Å². The molecule has 0 spiro atoms. The number of nitrogen functional groups attached to an aromatic ring is 1. The second-order valence-electron chi connectivity index (χ2n) is 4.41. The van der Waals surface area contributed by atoms with Gasteiger partial charge < -0.3 is 10.3 Å². The van der Waals surface area contributed by atoms with Crippen LogP contribution >= 0.6 is 11.6 Å². The van der Waals surface area contributed by atoms with Crippen LogP contribution in [-0.2, 0) is 6.42 Å². The van der Waals surface area contributed by atoms with Crippen LogP contribution < -0.4 is 5.73 Å². The molecule has 5 heteroatoms. The highest BCUT2D eigenvalue weighted by atomic mass is 35.5.